The van der Waals surface area contributed by atoms with E-state index in [0.717, 1.165) is 42.7 Å². The van der Waals surface area contributed by atoms with E-state index >= 15 is 0 Å². The summed E-state index contributed by atoms with van der Waals surface area (Å²) in [6.07, 6.45) is 3.71. The Morgan fingerprint density at radius 3 is 2.40 bits per heavy atom. The number of benzene rings is 4. The number of pyridine rings is 2. The van der Waals surface area contributed by atoms with Gasteiger partial charge >= 0.3 is 99.8 Å². The zero-order valence-corrected chi connectivity index (χ0v) is 32.2. The SMILES string of the molecule is [2H]C([2H])([2H])c1cccc(-c2ccc3c(c2)sc2c(-c4cc(C([2H])(C)C)ccn4)[c-]cc(F)c23)c1.[CH3][Ge]([CH3])([CH3])[c]1ccc(-c2[c-]cccc2)nc1.[Ir]. The van der Waals surface area contributed by atoms with Crippen molar-refractivity contribution in [2.45, 2.75) is 43.9 Å². The number of halogens is 1. The van der Waals surface area contributed by atoms with Gasteiger partial charge in [-0.3, -0.25) is 4.39 Å². The Morgan fingerprint density at radius 1 is 0.872 bits per heavy atom. The van der Waals surface area contributed by atoms with Gasteiger partial charge in [0.1, 0.15) is 0 Å². The first-order chi connectivity index (χ1) is 23.6. The summed E-state index contributed by atoms with van der Waals surface area (Å²) in [6, 6.07) is 36.2. The van der Waals surface area contributed by atoms with Crippen molar-refractivity contribution in [1.29, 1.82) is 0 Å². The third-order valence-electron chi connectivity index (χ3n) is 7.90. The van der Waals surface area contributed by atoms with E-state index < -0.39 is 26.0 Å². The van der Waals surface area contributed by atoms with Crippen molar-refractivity contribution in [2.24, 2.45) is 0 Å². The number of hydrogen-bond donors (Lipinski definition) is 0. The molecule has 3 heterocycles. The predicted octanol–water partition coefficient (Wildman–Crippen LogP) is 11.2. The van der Waals surface area contributed by atoms with Crippen molar-refractivity contribution in [3.05, 3.63) is 139 Å². The van der Waals surface area contributed by atoms with Crippen LogP contribution in [0, 0.1) is 24.8 Å². The van der Waals surface area contributed by atoms with Crippen LogP contribution in [0.5, 0.6) is 0 Å². The summed E-state index contributed by atoms with van der Waals surface area (Å²) in [4.78, 5) is 9.02. The smallest absolute Gasteiger partial charge is 0 e. The fourth-order valence-electron chi connectivity index (χ4n) is 5.28. The quantitative estimate of drug-likeness (QED) is 0.127. The molecule has 3 aromatic heterocycles. The number of aromatic nitrogens is 2. The summed E-state index contributed by atoms with van der Waals surface area (Å²) in [5.74, 6) is 6.01. The van der Waals surface area contributed by atoms with Crippen LogP contribution in [0.4, 0.5) is 4.39 Å². The topological polar surface area (TPSA) is 25.8 Å². The molecule has 7 aromatic rings. The van der Waals surface area contributed by atoms with Gasteiger partial charge in [-0.15, -0.1) is 17.7 Å². The van der Waals surface area contributed by atoms with Crippen LogP contribution in [0.1, 0.15) is 36.4 Å². The molecule has 0 aliphatic heterocycles. The molecular formula is C41H37FGeIrN2S-2. The van der Waals surface area contributed by atoms with Gasteiger partial charge in [-0.1, -0.05) is 67.4 Å². The number of aryl methyl sites for hydroxylation is 1. The van der Waals surface area contributed by atoms with E-state index in [9.17, 15) is 4.39 Å². The Morgan fingerprint density at radius 2 is 1.70 bits per heavy atom. The Labute approximate surface area is 303 Å². The van der Waals surface area contributed by atoms with Gasteiger partial charge in [-0.25, -0.2) is 0 Å². The van der Waals surface area contributed by atoms with Crippen LogP contribution in [0.25, 0.3) is 53.8 Å². The Bertz CT molecular complexity index is 2300. The van der Waals surface area contributed by atoms with Crippen molar-refractivity contribution in [3.63, 3.8) is 0 Å². The van der Waals surface area contributed by atoms with Crippen LogP contribution >= 0.6 is 11.3 Å². The molecule has 0 amide bonds. The van der Waals surface area contributed by atoms with E-state index in [4.69, 9.17) is 5.48 Å². The van der Waals surface area contributed by atoms with Crippen molar-refractivity contribution in [1.82, 2.24) is 9.97 Å². The second-order valence-electron chi connectivity index (χ2n) is 12.5. The van der Waals surface area contributed by atoms with Crippen molar-refractivity contribution >= 4 is 49.2 Å². The zero-order chi connectivity index (χ0) is 35.8. The number of fused-ring (bicyclic) bond motifs is 3. The number of thiophene rings is 1. The van der Waals surface area contributed by atoms with Crippen molar-refractivity contribution < 1.29 is 30.0 Å². The maximum Gasteiger partial charge on any atom is 0 e. The van der Waals surface area contributed by atoms with E-state index in [0.29, 0.717) is 16.6 Å². The minimum Gasteiger partial charge on any atom is 0 e. The Balaban J connectivity index is 0.000000249. The van der Waals surface area contributed by atoms with Crippen molar-refractivity contribution in [2.75, 3.05) is 0 Å². The molecule has 2 nitrogen and oxygen atoms in total. The predicted molar refractivity (Wildman–Crippen MR) is 197 cm³/mol. The first kappa shape index (κ1) is 29.6. The van der Waals surface area contributed by atoms with Gasteiger partial charge in [0.2, 0.25) is 0 Å². The monoisotopic (exact) mass is 879 g/mol. The molecular weight excluding hydrogens is 836 g/mol. The normalized spacial score (nSPS) is 13.1. The average molecular weight is 878 g/mol. The zero-order valence-electron chi connectivity index (χ0n) is 30.9. The molecule has 0 spiro atoms. The van der Waals surface area contributed by atoms with E-state index in [2.05, 4.69) is 51.5 Å². The number of nitrogens with zero attached hydrogens (tertiary/aromatic N) is 2. The van der Waals surface area contributed by atoms with Crippen LogP contribution in [-0.4, -0.2) is 23.2 Å². The van der Waals surface area contributed by atoms with Gasteiger partial charge in [0.25, 0.3) is 0 Å². The second kappa shape index (κ2) is 14.7. The molecule has 7 rings (SSSR count). The summed E-state index contributed by atoms with van der Waals surface area (Å²) in [5, 5.41) is 1.31. The van der Waals surface area contributed by atoms with E-state index in [-0.39, 0.29) is 31.5 Å². The molecule has 0 bridgehead atoms. The van der Waals surface area contributed by atoms with E-state index in [1.165, 1.54) is 21.8 Å². The fourth-order valence-corrected chi connectivity index (χ4v) is 8.71. The molecule has 0 saturated carbocycles. The van der Waals surface area contributed by atoms with Crippen LogP contribution in [-0.2, 0) is 20.1 Å². The minimum atomic E-state index is -2.18. The molecule has 0 atom stereocenters. The Kier molecular flexibility index (Phi) is 9.30. The van der Waals surface area contributed by atoms with Gasteiger partial charge in [-0.2, -0.15) is 11.3 Å². The molecule has 0 unspecified atom stereocenters. The molecule has 0 aliphatic carbocycles. The molecule has 0 aliphatic rings. The molecule has 0 saturated heterocycles. The third kappa shape index (κ3) is 7.82. The first-order valence-corrected chi connectivity index (χ1v) is 23.3. The van der Waals surface area contributed by atoms with E-state index in [1.54, 1.807) is 24.4 Å². The van der Waals surface area contributed by atoms with Crippen LogP contribution in [0.15, 0.2) is 109 Å². The Hall–Kier alpha value is -3.48. The summed E-state index contributed by atoms with van der Waals surface area (Å²) >= 11 is -0.256. The van der Waals surface area contributed by atoms with Crippen LogP contribution < -0.4 is 4.40 Å². The molecule has 1 radical (unpaired) electrons. The van der Waals surface area contributed by atoms with Gasteiger partial charge in [-0.05, 0) is 57.2 Å². The number of rotatable bonds is 5. The molecule has 4 aromatic carbocycles. The number of hydrogen-bond acceptors (Lipinski definition) is 3. The minimum absolute atomic E-state index is 0. The molecule has 6 heteroatoms. The standard InChI is InChI=1S/C27H21FNS.C14H16GeN.Ir/c1-16(2)18-11-12-29-24(14-18)21-9-10-23(28)26-22-8-7-20(15-25(22)30-27(21)26)19-6-4-5-17(3)13-19;1-15(2,3)13-9-10-14(16-11-13)12-7-5-4-6-8-12;/h4-8,10-16H,1-3H3;4-7,9-11H,1-3H3;/q2*-1;/i3D3,16D;;. The van der Waals surface area contributed by atoms with Gasteiger partial charge < -0.3 is 4.98 Å². The maximum absolute atomic E-state index is 15.0. The largest absolute Gasteiger partial charge is 0 e. The molecule has 239 valence electrons. The first-order valence-electron chi connectivity index (χ1n) is 17.2. The van der Waals surface area contributed by atoms with E-state index in [1.807, 2.05) is 80.7 Å². The third-order valence-corrected chi connectivity index (χ3v) is 13.3. The fraction of sp³-hybridized carbons (Fsp3) is 0.171. The summed E-state index contributed by atoms with van der Waals surface area (Å²) in [5.41, 5.74) is 6.20. The molecule has 0 fully saturated rings. The van der Waals surface area contributed by atoms with Gasteiger partial charge in [0.15, 0.2) is 0 Å². The van der Waals surface area contributed by atoms with Crippen LogP contribution in [0.2, 0.25) is 17.3 Å². The van der Waals surface area contributed by atoms with Crippen LogP contribution in [0.3, 0.4) is 0 Å². The second-order valence-corrected chi connectivity index (χ2v) is 24.2. The molecule has 0 N–H and O–H groups in total. The average Bonchev–Trinajstić information content (AvgIpc) is 3.48. The maximum atomic E-state index is 15.0. The molecule has 47 heavy (non-hydrogen) atoms. The summed E-state index contributed by atoms with van der Waals surface area (Å²) in [7, 11) is 0. The van der Waals surface area contributed by atoms with Gasteiger partial charge in [0.05, 0.1) is 0 Å². The van der Waals surface area contributed by atoms with Crippen molar-refractivity contribution in [3.8, 4) is 33.6 Å². The summed E-state index contributed by atoms with van der Waals surface area (Å²) < 4.78 is 49.5. The van der Waals surface area contributed by atoms with Gasteiger partial charge in [0, 0.05) is 42.3 Å². The summed E-state index contributed by atoms with van der Waals surface area (Å²) in [6.45, 7) is 1.46.